The van der Waals surface area contributed by atoms with Crippen molar-refractivity contribution in [2.24, 2.45) is 11.3 Å². The van der Waals surface area contributed by atoms with Gasteiger partial charge in [-0.25, -0.2) is 4.79 Å². The molecule has 1 saturated heterocycles. The number of ether oxygens (including phenoxy) is 1. The average molecular weight is 235 g/mol. The molecule has 94 valence electrons. The summed E-state index contributed by atoms with van der Waals surface area (Å²) < 4.78 is 5.38. The minimum atomic E-state index is -0.433. The molecule has 1 aliphatic heterocycles. The molecule has 0 N–H and O–H groups in total. The van der Waals surface area contributed by atoms with E-state index in [1.54, 1.807) is 4.90 Å². The van der Waals surface area contributed by atoms with Crippen molar-refractivity contribution in [3.63, 3.8) is 0 Å². The van der Waals surface area contributed by atoms with E-state index in [1.165, 1.54) is 12.8 Å². The maximum absolute atomic E-state index is 11.9. The summed E-state index contributed by atoms with van der Waals surface area (Å²) in [5.74, 6) is 3.07. The van der Waals surface area contributed by atoms with E-state index in [2.05, 4.69) is 5.92 Å². The molecule has 2 rings (SSSR count). The number of hydrogen-bond donors (Lipinski definition) is 0. The second-order valence-electron chi connectivity index (χ2n) is 6.26. The molecule has 1 amide bonds. The molecule has 1 heterocycles. The van der Waals surface area contributed by atoms with E-state index in [0.29, 0.717) is 12.0 Å². The third kappa shape index (κ3) is 2.57. The van der Waals surface area contributed by atoms with Gasteiger partial charge in [0.25, 0.3) is 0 Å². The number of carbonyl (C=O) groups excluding carboxylic acids is 1. The van der Waals surface area contributed by atoms with Crippen LogP contribution in [0.2, 0.25) is 0 Å². The number of rotatable bonds is 0. The summed E-state index contributed by atoms with van der Waals surface area (Å²) in [4.78, 5) is 13.7. The Morgan fingerprint density at radius 2 is 2.06 bits per heavy atom. The van der Waals surface area contributed by atoms with E-state index in [-0.39, 0.29) is 12.0 Å². The molecular weight excluding hydrogens is 214 g/mol. The predicted octanol–water partition coefficient (Wildman–Crippen LogP) is 2.66. The number of terminal acetylenes is 1. The van der Waals surface area contributed by atoms with Crippen LogP contribution in [0.15, 0.2) is 0 Å². The molecule has 1 spiro atoms. The number of amides is 1. The van der Waals surface area contributed by atoms with Crippen molar-refractivity contribution in [3.8, 4) is 12.3 Å². The summed E-state index contributed by atoms with van der Waals surface area (Å²) in [6, 6.07) is 0. The number of carbonyl (C=O) groups is 1. The van der Waals surface area contributed by atoms with E-state index in [4.69, 9.17) is 11.2 Å². The number of nitrogens with zero attached hydrogens (tertiary/aromatic N) is 1. The molecule has 0 radical (unpaired) electrons. The summed E-state index contributed by atoms with van der Waals surface area (Å²) >= 11 is 0. The van der Waals surface area contributed by atoms with E-state index in [0.717, 1.165) is 13.0 Å². The largest absolute Gasteiger partial charge is 0.444 e. The maximum Gasteiger partial charge on any atom is 0.410 e. The third-order valence-corrected chi connectivity index (χ3v) is 3.77. The zero-order chi connectivity index (χ0) is 12.7. The Balaban J connectivity index is 1.96. The lowest BCUT2D eigenvalue weighted by Crippen LogP contribution is -2.46. The Morgan fingerprint density at radius 1 is 1.41 bits per heavy atom. The van der Waals surface area contributed by atoms with Crippen LogP contribution in [0.25, 0.3) is 0 Å². The number of likely N-dealkylation sites (tertiary alicyclic amines) is 1. The monoisotopic (exact) mass is 235 g/mol. The minimum Gasteiger partial charge on any atom is -0.444 e. The van der Waals surface area contributed by atoms with Gasteiger partial charge in [-0.1, -0.05) is 0 Å². The second kappa shape index (κ2) is 3.94. The van der Waals surface area contributed by atoms with Gasteiger partial charge in [-0.2, -0.15) is 0 Å². The molecule has 0 aromatic rings. The standard InChI is InChI=1S/C14H21NO2/c1-5-11-10-15(9-8-14(11)6-7-14)12(16)17-13(2,3)4/h1,11H,6-10H2,2-4H3. The van der Waals surface area contributed by atoms with Crippen LogP contribution in [0.4, 0.5) is 4.79 Å². The maximum atomic E-state index is 11.9. The Morgan fingerprint density at radius 3 is 2.53 bits per heavy atom. The topological polar surface area (TPSA) is 29.5 Å². The molecular formula is C14H21NO2. The molecule has 3 heteroatoms. The van der Waals surface area contributed by atoms with Gasteiger partial charge in [0.05, 0.1) is 0 Å². The van der Waals surface area contributed by atoms with Crippen molar-refractivity contribution in [1.29, 1.82) is 0 Å². The fourth-order valence-corrected chi connectivity index (χ4v) is 2.52. The molecule has 0 aromatic carbocycles. The first kappa shape index (κ1) is 12.3. The first-order valence-corrected chi connectivity index (χ1v) is 6.30. The van der Waals surface area contributed by atoms with Crippen LogP contribution < -0.4 is 0 Å². The van der Waals surface area contributed by atoms with Crippen molar-refractivity contribution in [3.05, 3.63) is 0 Å². The van der Waals surface area contributed by atoms with Crippen molar-refractivity contribution >= 4 is 6.09 Å². The van der Waals surface area contributed by atoms with E-state index >= 15 is 0 Å². The lowest BCUT2D eigenvalue weighted by molar-refractivity contribution is 0.0126. The van der Waals surface area contributed by atoms with E-state index < -0.39 is 5.60 Å². The summed E-state index contributed by atoms with van der Waals surface area (Å²) in [5.41, 5.74) is -0.0787. The van der Waals surface area contributed by atoms with Crippen molar-refractivity contribution < 1.29 is 9.53 Å². The highest BCUT2D eigenvalue weighted by Crippen LogP contribution is 2.56. The molecule has 2 fully saturated rings. The van der Waals surface area contributed by atoms with Gasteiger partial charge in [0, 0.05) is 19.0 Å². The lowest BCUT2D eigenvalue weighted by Gasteiger charge is -2.37. The molecule has 2 aliphatic rings. The smallest absolute Gasteiger partial charge is 0.410 e. The quantitative estimate of drug-likeness (QED) is 0.604. The Bertz CT molecular complexity index is 357. The van der Waals surface area contributed by atoms with Crippen LogP contribution >= 0.6 is 0 Å². The van der Waals surface area contributed by atoms with Crippen molar-refractivity contribution in [2.75, 3.05) is 13.1 Å². The van der Waals surface area contributed by atoms with Crippen molar-refractivity contribution in [2.45, 2.75) is 45.6 Å². The van der Waals surface area contributed by atoms with E-state index in [9.17, 15) is 4.79 Å². The summed E-state index contributed by atoms with van der Waals surface area (Å²) in [6.07, 6.45) is 8.83. The highest BCUT2D eigenvalue weighted by Gasteiger charge is 2.52. The van der Waals surface area contributed by atoms with E-state index in [1.807, 2.05) is 20.8 Å². The predicted molar refractivity (Wildman–Crippen MR) is 66.4 cm³/mol. The van der Waals surface area contributed by atoms with Crippen LogP contribution in [-0.4, -0.2) is 29.7 Å². The molecule has 1 unspecified atom stereocenters. The van der Waals surface area contributed by atoms with Gasteiger partial charge in [-0.3, -0.25) is 0 Å². The summed E-state index contributed by atoms with van der Waals surface area (Å²) in [7, 11) is 0. The van der Waals surface area contributed by atoms with Crippen LogP contribution in [0.5, 0.6) is 0 Å². The second-order valence-corrected chi connectivity index (χ2v) is 6.26. The molecule has 1 aliphatic carbocycles. The van der Waals surface area contributed by atoms with Crippen molar-refractivity contribution in [1.82, 2.24) is 4.90 Å². The zero-order valence-electron chi connectivity index (χ0n) is 11.0. The third-order valence-electron chi connectivity index (χ3n) is 3.77. The molecule has 0 bridgehead atoms. The lowest BCUT2D eigenvalue weighted by atomic mass is 9.83. The highest BCUT2D eigenvalue weighted by atomic mass is 16.6. The Labute approximate surface area is 104 Å². The van der Waals surface area contributed by atoms with Gasteiger partial charge >= 0.3 is 6.09 Å². The zero-order valence-corrected chi connectivity index (χ0v) is 11.0. The van der Waals surface area contributed by atoms with Crippen LogP contribution in [-0.2, 0) is 4.74 Å². The first-order chi connectivity index (χ1) is 7.86. The Kier molecular flexibility index (Phi) is 2.85. The van der Waals surface area contributed by atoms with Gasteiger partial charge in [-0.15, -0.1) is 12.3 Å². The van der Waals surface area contributed by atoms with Gasteiger partial charge in [0.1, 0.15) is 5.60 Å². The normalized spacial score (nSPS) is 26.5. The van der Waals surface area contributed by atoms with Gasteiger partial charge in [0.15, 0.2) is 0 Å². The van der Waals surface area contributed by atoms with Gasteiger partial charge in [-0.05, 0) is 45.4 Å². The molecule has 3 nitrogen and oxygen atoms in total. The molecule has 0 aromatic heterocycles. The van der Waals surface area contributed by atoms with Gasteiger partial charge in [0.2, 0.25) is 0 Å². The fraction of sp³-hybridized carbons (Fsp3) is 0.786. The van der Waals surface area contributed by atoms with Crippen LogP contribution in [0, 0.1) is 23.7 Å². The van der Waals surface area contributed by atoms with Crippen LogP contribution in [0.3, 0.4) is 0 Å². The first-order valence-electron chi connectivity index (χ1n) is 6.30. The summed E-state index contributed by atoms with van der Waals surface area (Å²) in [6.45, 7) is 7.10. The van der Waals surface area contributed by atoms with Crippen LogP contribution in [0.1, 0.15) is 40.0 Å². The number of hydrogen-bond acceptors (Lipinski definition) is 2. The molecule has 17 heavy (non-hydrogen) atoms. The summed E-state index contributed by atoms with van der Waals surface area (Å²) in [5, 5.41) is 0. The average Bonchev–Trinajstić information content (AvgIpc) is 2.96. The Hall–Kier alpha value is -1.17. The minimum absolute atomic E-state index is 0.212. The molecule has 1 saturated carbocycles. The highest BCUT2D eigenvalue weighted by molar-refractivity contribution is 5.68. The van der Waals surface area contributed by atoms with Gasteiger partial charge < -0.3 is 9.64 Å². The molecule has 1 atom stereocenters. The fourth-order valence-electron chi connectivity index (χ4n) is 2.52. The number of piperidine rings is 1. The SMILES string of the molecule is C#CC1CN(C(=O)OC(C)(C)C)CCC12CC2.